The van der Waals surface area contributed by atoms with E-state index in [9.17, 15) is 4.79 Å². The fourth-order valence-electron chi connectivity index (χ4n) is 3.26. The molecule has 1 N–H and O–H groups in total. The molecule has 3 heteroatoms. The molecule has 0 bridgehead atoms. The highest BCUT2D eigenvalue weighted by Gasteiger charge is 2.15. The van der Waals surface area contributed by atoms with E-state index in [-0.39, 0.29) is 5.91 Å². The molecule has 0 spiro atoms. The second-order valence-corrected chi connectivity index (χ2v) is 7.25. The standard InChI is InChI=1S/C22H28N2O/c1-17-3-5-19(6-4-17)7-12-22(25)23-20-8-10-21(11-9-20)24-15-13-18(2)14-16-24/h3-6,8-11,18H,7,12-16H2,1-2H3,(H,23,25). The maximum absolute atomic E-state index is 12.2. The number of rotatable bonds is 5. The maximum atomic E-state index is 12.2. The van der Waals surface area contributed by atoms with E-state index in [2.05, 4.69) is 60.5 Å². The van der Waals surface area contributed by atoms with Gasteiger partial charge in [0.15, 0.2) is 0 Å². The highest BCUT2D eigenvalue weighted by molar-refractivity contribution is 5.91. The second-order valence-electron chi connectivity index (χ2n) is 7.25. The topological polar surface area (TPSA) is 32.3 Å². The van der Waals surface area contributed by atoms with Crippen molar-refractivity contribution in [2.75, 3.05) is 23.3 Å². The minimum Gasteiger partial charge on any atom is -0.372 e. The molecular formula is C22H28N2O. The lowest BCUT2D eigenvalue weighted by Gasteiger charge is -2.32. The third-order valence-electron chi connectivity index (χ3n) is 5.06. The Hall–Kier alpha value is -2.29. The van der Waals surface area contributed by atoms with Crippen molar-refractivity contribution in [2.24, 2.45) is 5.92 Å². The van der Waals surface area contributed by atoms with Gasteiger partial charge in [0.05, 0.1) is 0 Å². The molecule has 1 aliphatic heterocycles. The van der Waals surface area contributed by atoms with Crippen LogP contribution in [0.25, 0.3) is 0 Å². The Morgan fingerprint density at radius 2 is 1.68 bits per heavy atom. The van der Waals surface area contributed by atoms with E-state index in [4.69, 9.17) is 0 Å². The number of carbonyl (C=O) groups is 1. The van der Waals surface area contributed by atoms with Gasteiger partial charge in [-0.25, -0.2) is 0 Å². The summed E-state index contributed by atoms with van der Waals surface area (Å²) in [5.41, 5.74) is 4.58. The molecule has 1 heterocycles. The van der Waals surface area contributed by atoms with Gasteiger partial charge in [-0.05, 0) is 61.9 Å². The predicted octanol–water partition coefficient (Wildman–Crippen LogP) is 4.80. The first-order chi connectivity index (χ1) is 12.1. The average molecular weight is 336 g/mol. The summed E-state index contributed by atoms with van der Waals surface area (Å²) in [4.78, 5) is 14.6. The Labute approximate surface area is 151 Å². The van der Waals surface area contributed by atoms with Crippen LogP contribution in [-0.4, -0.2) is 19.0 Å². The molecule has 25 heavy (non-hydrogen) atoms. The molecule has 2 aromatic rings. The summed E-state index contributed by atoms with van der Waals surface area (Å²) in [5, 5.41) is 3.00. The summed E-state index contributed by atoms with van der Waals surface area (Å²) in [7, 11) is 0. The lowest BCUT2D eigenvalue weighted by Crippen LogP contribution is -2.32. The van der Waals surface area contributed by atoms with Crippen LogP contribution in [0.1, 0.15) is 37.3 Å². The number of aryl methyl sites for hydroxylation is 2. The van der Waals surface area contributed by atoms with Crippen molar-refractivity contribution >= 4 is 17.3 Å². The Kier molecular flexibility index (Phi) is 5.75. The van der Waals surface area contributed by atoms with Crippen LogP contribution in [0.4, 0.5) is 11.4 Å². The van der Waals surface area contributed by atoms with Crippen molar-refractivity contribution in [1.29, 1.82) is 0 Å². The van der Waals surface area contributed by atoms with Crippen molar-refractivity contribution in [3.8, 4) is 0 Å². The number of nitrogens with one attached hydrogen (secondary N) is 1. The van der Waals surface area contributed by atoms with Crippen molar-refractivity contribution in [3.63, 3.8) is 0 Å². The quantitative estimate of drug-likeness (QED) is 0.850. The molecule has 1 amide bonds. The van der Waals surface area contributed by atoms with Crippen molar-refractivity contribution in [2.45, 2.75) is 39.5 Å². The second kappa shape index (κ2) is 8.19. The zero-order valence-corrected chi connectivity index (χ0v) is 15.3. The Balaban J connectivity index is 1.49. The first-order valence-electron chi connectivity index (χ1n) is 9.30. The van der Waals surface area contributed by atoms with Gasteiger partial charge in [-0.1, -0.05) is 36.8 Å². The molecule has 132 valence electrons. The SMILES string of the molecule is Cc1ccc(CCC(=O)Nc2ccc(N3CCC(C)CC3)cc2)cc1. The molecule has 1 saturated heterocycles. The summed E-state index contributed by atoms with van der Waals surface area (Å²) < 4.78 is 0. The van der Waals surface area contributed by atoms with E-state index in [1.165, 1.54) is 29.7 Å². The first kappa shape index (κ1) is 17.5. The van der Waals surface area contributed by atoms with Crippen LogP contribution in [0.2, 0.25) is 0 Å². The lowest BCUT2D eigenvalue weighted by atomic mass is 9.99. The third kappa shape index (κ3) is 5.09. The van der Waals surface area contributed by atoms with Crippen LogP contribution in [-0.2, 0) is 11.2 Å². The number of amides is 1. The normalized spacial score (nSPS) is 15.2. The monoisotopic (exact) mass is 336 g/mol. The van der Waals surface area contributed by atoms with Crippen molar-refractivity contribution < 1.29 is 4.79 Å². The van der Waals surface area contributed by atoms with Gasteiger partial charge in [-0.15, -0.1) is 0 Å². The fourth-order valence-corrected chi connectivity index (χ4v) is 3.26. The van der Waals surface area contributed by atoms with Gasteiger partial charge in [0.2, 0.25) is 5.91 Å². The number of hydrogen-bond acceptors (Lipinski definition) is 2. The summed E-state index contributed by atoms with van der Waals surface area (Å²) in [6.07, 6.45) is 3.81. The largest absolute Gasteiger partial charge is 0.372 e. The number of piperidine rings is 1. The van der Waals surface area contributed by atoms with E-state index in [0.29, 0.717) is 6.42 Å². The van der Waals surface area contributed by atoms with Gasteiger partial charge in [-0.2, -0.15) is 0 Å². The van der Waals surface area contributed by atoms with Crippen LogP contribution < -0.4 is 10.2 Å². The maximum Gasteiger partial charge on any atom is 0.224 e. The summed E-state index contributed by atoms with van der Waals surface area (Å²) in [6.45, 7) is 6.66. The van der Waals surface area contributed by atoms with E-state index >= 15 is 0 Å². The van der Waals surface area contributed by atoms with E-state index in [1.54, 1.807) is 0 Å². The average Bonchev–Trinajstić information content (AvgIpc) is 2.63. The molecule has 1 fully saturated rings. The predicted molar refractivity (Wildman–Crippen MR) is 105 cm³/mol. The lowest BCUT2D eigenvalue weighted by molar-refractivity contribution is -0.116. The van der Waals surface area contributed by atoms with Gasteiger partial charge in [-0.3, -0.25) is 4.79 Å². The number of nitrogens with zero attached hydrogens (tertiary/aromatic N) is 1. The van der Waals surface area contributed by atoms with E-state index < -0.39 is 0 Å². The Morgan fingerprint density at radius 3 is 2.32 bits per heavy atom. The highest BCUT2D eigenvalue weighted by Crippen LogP contribution is 2.24. The van der Waals surface area contributed by atoms with Crippen LogP contribution in [0.5, 0.6) is 0 Å². The molecule has 0 saturated carbocycles. The zero-order valence-electron chi connectivity index (χ0n) is 15.3. The number of benzene rings is 2. The molecule has 0 aromatic heterocycles. The molecule has 0 radical (unpaired) electrons. The van der Waals surface area contributed by atoms with Crippen molar-refractivity contribution in [3.05, 3.63) is 59.7 Å². The Morgan fingerprint density at radius 1 is 1.04 bits per heavy atom. The molecule has 0 aliphatic carbocycles. The van der Waals surface area contributed by atoms with Crippen LogP contribution in [0.15, 0.2) is 48.5 Å². The van der Waals surface area contributed by atoms with Gasteiger partial charge in [0.1, 0.15) is 0 Å². The van der Waals surface area contributed by atoms with Gasteiger partial charge < -0.3 is 10.2 Å². The molecule has 3 nitrogen and oxygen atoms in total. The van der Waals surface area contributed by atoms with Gasteiger partial charge in [0.25, 0.3) is 0 Å². The van der Waals surface area contributed by atoms with Crippen LogP contribution in [0, 0.1) is 12.8 Å². The molecule has 0 atom stereocenters. The van der Waals surface area contributed by atoms with Gasteiger partial charge >= 0.3 is 0 Å². The fraction of sp³-hybridized carbons (Fsp3) is 0.409. The molecule has 3 rings (SSSR count). The smallest absolute Gasteiger partial charge is 0.224 e. The number of anilines is 2. The Bertz CT molecular complexity index is 683. The van der Waals surface area contributed by atoms with Crippen LogP contribution in [0.3, 0.4) is 0 Å². The number of carbonyl (C=O) groups excluding carboxylic acids is 1. The zero-order chi connectivity index (χ0) is 17.6. The molecule has 1 aliphatic rings. The minimum atomic E-state index is 0.0696. The van der Waals surface area contributed by atoms with Crippen molar-refractivity contribution in [1.82, 2.24) is 0 Å². The number of hydrogen-bond donors (Lipinski definition) is 1. The molecule has 0 unspecified atom stereocenters. The summed E-state index contributed by atoms with van der Waals surface area (Å²) >= 11 is 0. The highest BCUT2D eigenvalue weighted by atomic mass is 16.1. The minimum absolute atomic E-state index is 0.0696. The van der Waals surface area contributed by atoms with E-state index in [0.717, 1.165) is 31.1 Å². The third-order valence-corrected chi connectivity index (χ3v) is 5.06. The molecular weight excluding hydrogens is 308 g/mol. The van der Waals surface area contributed by atoms with Crippen LogP contribution >= 0.6 is 0 Å². The van der Waals surface area contributed by atoms with E-state index in [1.807, 2.05) is 12.1 Å². The first-order valence-corrected chi connectivity index (χ1v) is 9.30. The summed E-state index contributed by atoms with van der Waals surface area (Å²) in [5.74, 6) is 0.906. The molecule has 2 aromatic carbocycles. The van der Waals surface area contributed by atoms with Gasteiger partial charge in [0, 0.05) is 30.9 Å². The summed E-state index contributed by atoms with van der Waals surface area (Å²) in [6, 6.07) is 16.6.